The highest BCUT2D eigenvalue weighted by atomic mass is 35.5. The standard InChI is InChI=1S/C23H21ClFN3O2.C15H18ClNO2.C8H5FN2O.CH4/c1-12(28-22(29)13-2-4-14(24)5-3-13)21-17-9-16(10-18(17)21)30-23-19-8-15(25)6-7-20(19)26-11-27-23;1-8(14-12-6-11(18)7-13(12)14)17-15(19)9-2-4-10(16)5-3-9;9-5-1-2-7-6(3-5)8(12)11-4-10-7;/h2-8,11-12,16-18,21H,9-10H2,1H3,(H,28,29);2-5,8,11-14,18H,6-7H2,1H3,(H,17,19);1-4H,(H,10,11,12);1H4/t12?,16?,17-,18+,21?;8?,11?,12-,13+,14?;;. The van der Waals surface area contributed by atoms with E-state index >= 15 is 0 Å². The average Bonchev–Trinajstić information content (AvgIpc) is 3.98. The van der Waals surface area contributed by atoms with E-state index in [0.29, 0.717) is 79.0 Å². The van der Waals surface area contributed by atoms with Gasteiger partial charge in [0.05, 0.1) is 34.2 Å². The average molecular weight is 886 g/mol. The van der Waals surface area contributed by atoms with E-state index in [2.05, 4.69) is 44.4 Å². The zero-order valence-corrected chi connectivity index (χ0v) is 34.8. The summed E-state index contributed by atoms with van der Waals surface area (Å²) in [7, 11) is 0. The van der Waals surface area contributed by atoms with Crippen molar-refractivity contribution in [2.24, 2.45) is 35.5 Å². The highest BCUT2D eigenvalue weighted by Gasteiger charge is 2.59. The van der Waals surface area contributed by atoms with E-state index in [0.717, 1.165) is 25.7 Å². The number of hydrogen-bond acceptors (Lipinski definition) is 8. The van der Waals surface area contributed by atoms with Crippen molar-refractivity contribution in [2.75, 3.05) is 0 Å². The largest absolute Gasteiger partial charge is 0.474 e. The molecule has 4 aliphatic rings. The van der Waals surface area contributed by atoms with Crippen LogP contribution in [0.25, 0.3) is 21.8 Å². The number of ether oxygens (including phenoxy) is 1. The van der Waals surface area contributed by atoms with Crippen LogP contribution >= 0.6 is 23.2 Å². The molecule has 2 aromatic heterocycles. The Morgan fingerprint density at radius 1 is 0.710 bits per heavy atom. The van der Waals surface area contributed by atoms with Gasteiger partial charge in [0.25, 0.3) is 17.4 Å². The van der Waals surface area contributed by atoms with Crippen LogP contribution in [0.3, 0.4) is 0 Å². The van der Waals surface area contributed by atoms with Gasteiger partial charge in [-0.05, 0) is 160 Å². The van der Waals surface area contributed by atoms with Gasteiger partial charge in [-0.15, -0.1) is 0 Å². The second kappa shape index (κ2) is 18.9. The number of nitrogens with one attached hydrogen (secondary N) is 3. The Morgan fingerprint density at radius 2 is 1.18 bits per heavy atom. The number of aromatic nitrogens is 4. The first-order valence-corrected chi connectivity index (χ1v) is 21.1. The van der Waals surface area contributed by atoms with E-state index < -0.39 is 5.82 Å². The van der Waals surface area contributed by atoms with Gasteiger partial charge < -0.3 is 25.5 Å². The molecule has 0 saturated heterocycles. The van der Waals surface area contributed by atoms with E-state index in [1.165, 1.54) is 43.0 Å². The van der Waals surface area contributed by atoms with Crippen molar-refractivity contribution >= 4 is 56.8 Å². The Kier molecular flexibility index (Phi) is 13.6. The second-order valence-corrected chi connectivity index (χ2v) is 17.3. The number of fused-ring (bicyclic) bond motifs is 4. The summed E-state index contributed by atoms with van der Waals surface area (Å²) in [5.41, 5.74) is 2.10. The van der Waals surface area contributed by atoms with Crippen LogP contribution < -0.4 is 20.9 Å². The molecule has 4 fully saturated rings. The molecule has 10 rings (SSSR count). The number of aliphatic hydroxyl groups is 1. The van der Waals surface area contributed by atoms with Gasteiger partial charge in [-0.25, -0.2) is 23.7 Å². The lowest BCUT2D eigenvalue weighted by Gasteiger charge is -2.20. The van der Waals surface area contributed by atoms with Crippen molar-refractivity contribution in [3.05, 3.63) is 141 Å². The van der Waals surface area contributed by atoms with Crippen LogP contribution in [-0.4, -0.2) is 61.1 Å². The minimum atomic E-state index is -0.430. The van der Waals surface area contributed by atoms with Crippen molar-refractivity contribution < 1.29 is 28.2 Å². The predicted octanol–water partition coefficient (Wildman–Crippen LogP) is 8.82. The number of carbonyl (C=O) groups is 2. The molecule has 62 heavy (non-hydrogen) atoms. The lowest BCUT2D eigenvalue weighted by Crippen LogP contribution is -2.36. The first kappa shape index (κ1) is 44.6. The van der Waals surface area contributed by atoms with Crippen molar-refractivity contribution in [1.82, 2.24) is 30.6 Å². The molecule has 2 amide bonds. The number of aromatic amines is 1. The van der Waals surface area contributed by atoms with Crippen LogP contribution in [0.5, 0.6) is 5.88 Å². The predicted molar refractivity (Wildman–Crippen MR) is 235 cm³/mol. The number of carbonyl (C=O) groups excluding carboxylic acids is 2. The molecule has 324 valence electrons. The third kappa shape index (κ3) is 10.1. The third-order valence-electron chi connectivity index (χ3n) is 12.5. The zero-order valence-electron chi connectivity index (χ0n) is 33.3. The summed E-state index contributed by atoms with van der Waals surface area (Å²) < 4.78 is 32.4. The maximum Gasteiger partial charge on any atom is 0.258 e. The minimum Gasteiger partial charge on any atom is -0.474 e. The molecule has 15 heteroatoms. The van der Waals surface area contributed by atoms with E-state index in [9.17, 15) is 28.3 Å². The lowest BCUT2D eigenvalue weighted by molar-refractivity contribution is 0.0920. The summed E-state index contributed by atoms with van der Waals surface area (Å²) >= 11 is 11.7. The maximum atomic E-state index is 13.6. The highest BCUT2D eigenvalue weighted by Crippen LogP contribution is 2.60. The summed E-state index contributed by atoms with van der Waals surface area (Å²) in [5, 5.41) is 17.8. The molecule has 0 bridgehead atoms. The summed E-state index contributed by atoms with van der Waals surface area (Å²) in [6.07, 6.45) is 6.30. The van der Waals surface area contributed by atoms with Crippen LogP contribution in [-0.2, 0) is 0 Å². The van der Waals surface area contributed by atoms with E-state index in [4.69, 9.17) is 27.9 Å². The van der Waals surface area contributed by atoms with Crippen LogP contribution in [0.2, 0.25) is 10.0 Å². The number of amides is 2. The highest BCUT2D eigenvalue weighted by molar-refractivity contribution is 6.31. The van der Waals surface area contributed by atoms with Crippen molar-refractivity contribution in [3.8, 4) is 5.88 Å². The number of benzene rings is 4. The SMILES string of the molecule is C.CC(NC(=O)c1ccc(Cl)cc1)C1[C@H]2CC(O)C[C@@H]12.CC(NC(=O)c1ccc(Cl)cc1)C1[C@H]2CC(Oc3ncnc4ccc(F)cc34)C[C@@H]12.O=c1[nH]cnc2ccc(F)cc12. The fraction of sp³-hybridized carbons (Fsp3) is 0.362. The molecular weight excluding hydrogens is 837 g/mol. The number of H-pyrrole nitrogens is 1. The van der Waals surface area contributed by atoms with Crippen LogP contribution in [0.15, 0.2) is 102 Å². The van der Waals surface area contributed by atoms with Crippen LogP contribution in [0.1, 0.15) is 67.7 Å². The van der Waals surface area contributed by atoms with Gasteiger partial charge >= 0.3 is 0 Å². The van der Waals surface area contributed by atoms with Crippen LogP contribution in [0, 0.1) is 47.1 Å². The van der Waals surface area contributed by atoms with Gasteiger partial charge in [0, 0.05) is 33.3 Å². The first-order valence-electron chi connectivity index (χ1n) is 20.3. The third-order valence-corrected chi connectivity index (χ3v) is 13.0. The molecule has 0 radical (unpaired) electrons. The van der Waals surface area contributed by atoms with Gasteiger partial charge in [0.15, 0.2) is 0 Å². The molecule has 2 heterocycles. The fourth-order valence-corrected chi connectivity index (χ4v) is 9.81. The Balaban J connectivity index is 0.000000154. The Hall–Kier alpha value is -5.50. The maximum absolute atomic E-state index is 13.6. The fourth-order valence-electron chi connectivity index (χ4n) is 9.56. The number of hydrogen-bond donors (Lipinski definition) is 4. The van der Waals surface area contributed by atoms with Gasteiger partial charge in [0.1, 0.15) is 24.1 Å². The molecule has 11 nitrogen and oxygen atoms in total. The Morgan fingerprint density at radius 3 is 1.69 bits per heavy atom. The van der Waals surface area contributed by atoms with Gasteiger partial charge in [-0.2, -0.15) is 0 Å². The number of aliphatic hydroxyl groups excluding tert-OH is 1. The second-order valence-electron chi connectivity index (χ2n) is 16.4. The number of halogens is 4. The summed E-state index contributed by atoms with van der Waals surface area (Å²) in [6.45, 7) is 4.12. The summed E-state index contributed by atoms with van der Waals surface area (Å²) in [4.78, 5) is 50.2. The van der Waals surface area contributed by atoms with Crippen molar-refractivity contribution in [1.29, 1.82) is 0 Å². The summed E-state index contributed by atoms with van der Waals surface area (Å²) in [6, 6.07) is 22.4. The molecular formula is C47H48Cl2F2N6O5. The quantitative estimate of drug-likeness (QED) is 0.118. The summed E-state index contributed by atoms with van der Waals surface area (Å²) in [5.74, 6) is 2.82. The van der Waals surface area contributed by atoms with Gasteiger partial charge in [-0.3, -0.25) is 14.4 Å². The minimum absolute atomic E-state index is 0. The molecule has 6 unspecified atom stereocenters. The van der Waals surface area contributed by atoms with Gasteiger partial charge in [0.2, 0.25) is 5.88 Å². The van der Waals surface area contributed by atoms with Crippen molar-refractivity contribution in [2.45, 2.75) is 71.2 Å². The van der Waals surface area contributed by atoms with Gasteiger partial charge in [-0.1, -0.05) is 30.6 Å². The number of rotatable bonds is 8. The number of nitrogens with zero attached hydrogens (tertiary/aromatic N) is 3. The van der Waals surface area contributed by atoms with E-state index in [1.807, 2.05) is 0 Å². The smallest absolute Gasteiger partial charge is 0.258 e. The molecule has 0 spiro atoms. The molecule has 4 N–H and O–H groups in total. The first-order chi connectivity index (χ1) is 29.3. The van der Waals surface area contributed by atoms with E-state index in [1.54, 1.807) is 54.6 Å². The normalized spacial score (nSPS) is 24.7. The molecule has 4 saturated carbocycles. The van der Waals surface area contributed by atoms with E-state index in [-0.39, 0.29) is 60.3 Å². The Bertz CT molecular complexity index is 2590. The topological polar surface area (TPSA) is 159 Å². The monoisotopic (exact) mass is 884 g/mol. The molecule has 0 aliphatic heterocycles. The van der Waals surface area contributed by atoms with Crippen molar-refractivity contribution in [3.63, 3.8) is 0 Å². The molecule has 10 atom stereocenters. The van der Waals surface area contributed by atoms with Crippen LogP contribution in [0.4, 0.5) is 8.78 Å². The Labute approximate surface area is 367 Å². The zero-order chi connectivity index (χ0) is 42.9. The lowest BCUT2D eigenvalue weighted by atomic mass is 10.0. The molecule has 6 aromatic rings. The molecule has 4 aliphatic carbocycles. The molecule has 4 aromatic carbocycles.